The van der Waals surface area contributed by atoms with Crippen LogP contribution in [0.15, 0.2) is 83.8 Å². The van der Waals surface area contributed by atoms with Gasteiger partial charge in [-0.25, -0.2) is 13.6 Å². The Bertz CT molecular complexity index is 1190. The van der Waals surface area contributed by atoms with E-state index in [1.807, 2.05) is 12.1 Å². The second-order valence-electron chi connectivity index (χ2n) is 7.40. The number of rotatable bonds is 4. The summed E-state index contributed by atoms with van der Waals surface area (Å²) in [4.78, 5) is 11.3. The van der Waals surface area contributed by atoms with E-state index in [0.29, 0.717) is 5.75 Å². The van der Waals surface area contributed by atoms with Crippen LogP contribution in [0, 0.1) is 0 Å². The predicted octanol–water partition coefficient (Wildman–Crippen LogP) is 6.80. The molecule has 34 heavy (non-hydrogen) atoms. The molecule has 0 saturated heterocycles. The molecule has 2 atom stereocenters. The maximum absolute atomic E-state index is 13.1. The number of aliphatic carboxylic acids is 1. The van der Waals surface area contributed by atoms with Gasteiger partial charge >= 0.3 is 17.8 Å². The van der Waals surface area contributed by atoms with Gasteiger partial charge in [0.25, 0.3) is 5.67 Å². The minimum Gasteiger partial charge on any atom is -0.508 e. The smallest absolute Gasteiger partial charge is 0.361 e. The van der Waals surface area contributed by atoms with Crippen LogP contribution >= 0.6 is 11.8 Å². The summed E-state index contributed by atoms with van der Waals surface area (Å²) in [7, 11) is 0. The van der Waals surface area contributed by atoms with Crippen LogP contribution in [0.3, 0.4) is 0 Å². The van der Waals surface area contributed by atoms with Crippen LogP contribution in [0.5, 0.6) is 5.75 Å². The second kappa shape index (κ2) is 9.61. The van der Waals surface area contributed by atoms with Gasteiger partial charge in [0.1, 0.15) is 5.75 Å². The maximum atomic E-state index is 13.1. The molecule has 180 valence electrons. The van der Waals surface area contributed by atoms with Crippen molar-refractivity contribution in [3.63, 3.8) is 0 Å². The Morgan fingerprint density at radius 2 is 1.53 bits per heavy atom. The Balaban J connectivity index is 0.000000197. The summed E-state index contributed by atoms with van der Waals surface area (Å²) < 4.78 is 76.0. The number of hydrogen-bond acceptors (Lipinski definition) is 3. The third-order valence-corrected chi connectivity index (χ3v) is 6.20. The molecule has 1 aliphatic rings. The molecule has 3 aromatic carbocycles. The average Bonchev–Trinajstić information content (AvgIpc) is 2.81. The molecule has 0 bridgehead atoms. The molecule has 0 aliphatic heterocycles. The lowest BCUT2D eigenvalue weighted by Crippen LogP contribution is -2.64. The number of carboxylic acid groups (broad SMARTS) is 1. The topological polar surface area (TPSA) is 57.5 Å². The minimum atomic E-state index is -5.64. The number of halogens is 6. The van der Waals surface area contributed by atoms with Crippen LogP contribution in [-0.4, -0.2) is 39.9 Å². The molecule has 0 fully saturated rings. The highest BCUT2D eigenvalue weighted by atomic mass is 32.2. The third kappa shape index (κ3) is 4.72. The molecular weight excluding hydrogens is 482 g/mol. The maximum Gasteiger partial charge on any atom is 0.361 e. The van der Waals surface area contributed by atoms with Gasteiger partial charge in [0, 0.05) is 10.6 Å². The summed E-state index contributed by atoms with van der Waals surface area (Å²) in [5, 5.41) is 20.0. The van der Waals surface area contributed by atoms with E-state index in [-0.39, 0.29) is 6.08 Å². The molecule has 2 unspecified atom stereocenters. The van der Waals surface area contributed by atoms with Gasteiger partial charge in [-0.05, 0) is 52.8 Å². The Morgan fingerprint density at radius 1 is 0.912 bits per heavy atom. The van der Waals surface area contributed by atoms with Crippen LogP contribution in [0.1, 0.15) is 5.56 Å². The molecule has 4 rings (SSSR count). The first-order valence-electron chi connectivity index (χ1n) is 9.80. The van der Waals surface area contributed by atoms with E-state index in [0.717, 1.165) is 5.75 Å². The third-order valence-electron chi connectivity index (χ3n) is 5.14. The zero-order valence-electron chi connectivity index (χ0n) is 17.3. The van der Waals surface area contributed by atoms with Crippen LogP contribution in [0.2, 0.25) is 0 Å². The Hall–Kier alpha value is -3.14. The fraction of sp³-hybridized carbons (Fsp3) is 0.208. The second-order valence-corrected chi connectivity index (χ2v) is 8.44. The zero-order chi connectivity index (χ0) is 25.1. The number of aromatic hydroxyl groups is 1. The number of phenols is 1. The number of fused-ring (bicyclic) bond motifs is 1. The van der Waals surface area contributed by atoms with Gasteiger partial charge in [-0.3, -0.25) is 0 Å². The first kappa shape index (κ1) is 25.5. The fourth-order valence-corrected chi connectivity index (χ4v) is 4.09. The van der Waals surface area contributed by atoms with Crippen LogP contribution < -0.4 is 0 Å². The first-order valence-corrected chi connectivity index (χ1v) is 10.8. The number of hydrogen-bond donors (Lipinski definition) is 2. The monoisotopic (exact) mass is 500 g/mol. The van der Waals surface area contributed by atoms with Gasteiger partial charge in [0.15, 0.2) is 6.17 Å². The Labute approximate surface area is 194 Å². The Morgan fingerprint density at radius 3 is 2.18 bits per heavy atom. The van der Waals surface area contributed by atoms with Gasteiger partial charge < -0.3 is 10.2 Å². The molecule has 3 aromatic rings. The molecule has 0 saturated carbocycles. The van der Waals surface area contributed by atoms with E-state index < -0.39 is 35.7 Å². The van der Waals surface area contributed by atoms with Crippen molar-refractivity contribution in [3.8, 4) is 5.75 Å². The van der Waals surface area contributed by atoms with Crippen molar-refractivity contribution in [1.29, 1.82) is 0 Å². The van der Waals surface area contributed by atoms with E-state index in [1.54, 1.807) is 23.9 Å². The van der Waals surface area contributed by atoms with E-state index in [4.69, 9.17) is 5.11 Å². The first-order chi connectivity index (χ1) is 15.9. The van der Waals surface area contributed by atoms with Gasteiger partial charge in [-0.15, -0.1) is 11.8 Å². The van der Waals surface area contributed by atoms with Gasteiger partial charge in [-0.1, -0.05) is 42.5 Å². The molecule has 0 aromatic heterocycles. The highest BCUT2D eigenvalue weighted by Crippen LogP contribution is 2.51. The molecule has 0 amide bonds. The van der Waals surface area contributed by atoms with Crippen molar-refractivity contribution in [2.75, 3.05) is 0 Å². The quantitative estimate of drug-likeness (QED) is 0.235. The normalized spacial score (nSPS) is 22.6. The number of carbonyl (C=O) groups is 1. The van der Waals surface area contributed by atoms with Crippen LogP contribution in [0.25, 0.3) is 10.8 Å². The van der Waals surface area contributed by atoms with Crippen LogP contribution in [-0.2, 0) is 10.5 Å². The molecule has 1 aliphatic carbocycles. The largest absolute Gasteiger partial charge is 0.508 e. The van der Waals surface area contributed by atoms with Crippen LogP contribution in [0.4, 0.5) is 26.3 Å². The average molecular weight is 500 g/mol. The predicted molar refractivity (Wildman–Crippen MR) is 117 cm³/mol. The fourth-order valence-electron chi connectivity index (χ4n) is 3.19. The molecule has 3 nitrogen and oxygen atoms in total. The van der Waals surface area contributed by atoms with Crippen molar-refractivity contribution in [3.05, 3.63) is 84.4 Å². The van der Waals surface area contributed by atoms with Gasteiger partial charge in [-0.2, -0.15) is 17.6 Å². The van der Waals surface area contributed by atoms with Crippen molar-refractivity contribution >= 4 is 28.5 Å². The SMILES string of the molecule is O=C(O)C1(F)C=CC(F)C(F)(F)C1(F)F.Oc1ccc(SCc2cccc3ccccc23)cc1. The molecule has 10 heteroatoms. The van der Waals surface area contributed by atoms with Crippen molar-refractivity contribution in [1.82, 2.24) is 0 Å². The number of allylic oxidation sites excluding steroid dienone is 1. The standard InChI is InChI=1S/C17H14OS.C7H4F6O2/c18-15-8-10-16(11-9-15)19-12-14-6-3-5-13-4-1-2-7-17(13)14;8-3-1-2-5(9,4(14)15)7(12,13)6(3,10)11/h1-11,18H,12H2;1-3H,(H,14,15). The van der Waals surface area contributed by atoms with Crippen molar-refractivity contribution < 1.29 is 41.4 Å². The lowest BCUT2D eigenvalue weighted by Gasteiger charge is -2.37. The van der Waals surface area contributed by atoms with E-state index >= 15 is 0 Å². The summed E-state index contributed by atoms with van der Waals surface area (Å²) in [6, 6.07) is 22.2. The molecule has 0 spiro atoms. The summed E-state index contributed by atoms with van der Waals surface area (Å²) in [6.07, 6.45) is -4.06. The molecular formula is C24H18F6O3S. The molecule has 0 heterocycles. The van der Waals surface area contributed by atoms with E-state index in [9.17, 15) is 36.2 Å². The van der Waals surface area contributed by atoms with E-state index in [1.165, 1.54) is 21.2 Å². The summed E-state index contributed by atoms with van der Waals surface area (Å²) in [5.41, 5.74) is -3.25. The lowest BCUT2D eigenvalue weighted by molar-refractivity contribution is -0.279. The van der Waals surface area contributed by atoms with Crippen molar-refractivity contribution in [2.24, 2.45) is 0 Å². The summed E-state index contributed by atoms with van der Waals surface area (Å²) in [6.45, 7) is 0. The van der Waals surface area contributed by atoms with Gasteiger partial charge in [0.05, 0.1) is 0 Å². The highest BCUT2D eigenvalue weighted by Gasteiger charge is 2.77. The Kier molecular flexibility index (Phi) is 7.21. The molecule has 2 N–H and O–H groups in total. The number of thioether (sulfide) groups is 1. The number of benzene rings is 3. The summed E-state index contributed by atoms with van der Waals surface area (Å²) >= 11 is 1.79. The molecule has 0 radical (unpaired) electrons. The highest BCUT2D eigenvalue weighted by molar-refractivity contribution is 7.98. The minimum absolute atomic E-state index is 0.231. The zero-order valence-corrected chi connectivity index (χ0v) is 18.1. The summed E-state index contributed by atoms with van der Waals surface area (Å²) in [5.74, 6) is -12.6. The number of alkyl halides is 6. The van der Waals surface area contributed by atoms with Crippen molar-refractivity contribution in [2.45, 2.75) is 34.3 Å². The lowest BCUT2D eigenvalue weighted by atomic mass is 9.84. The number of carboxylic acids is 1. The van der Waals surface area contributed by atoms with Gasteiger partial charge in [0.2, 0.25) is 0 Å². The number of phenolic OH excluding ortho intramolecular Hbond substituents is 1. The van der Waals surface area contributed by atoms with E-state index in [2.05, 4.69) is 42.5 Å².